The Balaban J connectivity index is 1.69. The zero-order chi connectivity index (χ0) is 19.7. The van der Waals surface area contributed by atoms with E-state index in [1.165, 1.54) is 11.3 Å². The van der Waals surface area contributed by atoms with Crippen molar-refractivity contribution in [2.75, 3.05) is 5.32 Å². The van der Waals surface area contributed by atoms with Crippen LogP contribution in [0.3, 0.4) is 0 Å². The van der Waals surface area contributed by atoms with Gasteiger partial charge in [-0.1, -0.05) is 52.3 Å². The van der Waals surface area contributed by atoms with Crippen LogP contribution in [0.15, 0.2) is 70.2 Å². The molecule has 0 aliphatic heterocycles. The lowest BCUT2D eigenvalue weighted by Gasteiger charge is -2.06. The highest BCUT2D eigenvalue weighted by molar-refractivity contribution is 9.10. The summed E-state index contributed by atoms with van der Waals surface area (Å²) in [6.45, 7) is 2.24. The third-order valence-corrected chi connectivity index (χ3v) is 6.09. The maximum atomic E-state index is 13.0. The molecule has 2 aromatic heterocycles. The van der Waals surface area contributed by atoms with E-state index in [2.05, 4.69) is 26.2 Å². The van der Waals surface area contributed by atoms with Crippen LogP contribution in [0.4, 0.5) is 5.69 Å². The molecule has 1 amide bonds. The summed E-state index contributed by atoms with van der Waals surface area (Å²) in [6, 6.07) is 17.1. The summed E-state index contributed by atoms with van der Waals surface area (Å²) in [5.41, 5.74) is 2.23. The van der Waals surface area contributed by atoms with E-state index in [0.717, 1.165) is 10.0 Å². The molecule has 0 spiro atoms. The summed E-state index contributed by atoms with van der Waals surface area (Å²) in [5.74, 6) is -0.243. The van der Waals surface area contributed by atoms with Gasteiger partial charge in [-0.3, -0.25) is 14.2 Å². The van der Waals surface area contributed by atoms with Gasteiger partial charge < -0.3 is 5.32 Å². The normalized spacial score (nSPS) is 10.9. The molecule has 0 aliphatic carbocycles. The van der Waals surface area contributed by atoms with Crippen molar-refractivity contribution in [3.05, 3.63) is 91.8 Å². The first kappa shape index (κ1) is 18.6. The van der Waals surface area contributed by atoms with Crippen LogP contribution >= 0.6 is 27.3 Å². The summed E-state index contributed by atoms with van der Waals surface area (Å²) < 4.78 is 2.46. The van der Waals surface area contributed by atoms with Gasteiger partial charge in [0.1, 0.15) is 4.83 Å². The van der Waals surface area contributed by atoms with E-state index in [9.17, 15) is 9.59 Å². The molecule has 0 aliphatic rings. The summed E-state index contributed by atoms with van der Waals surface area (Å²) in [6.07, 6.45) is 1.55. The van der Waals surface area contributed by atoms with Gasteiger partial charge in [-0.25, -0.2) is 4.98 Å². The first-order chi connectivity index (χ1) is 13.5. The maximum Gasteiger partial charge on any atom is 0.266 e. The molecule has 28 heavy (non-hydrogen) atoms. The number of thiophene rings is 1. The van der Waals surface area contributed by atoms with Crippen LogP contribution < -0.4 is 10.9 Å². The van der Waals surface area contributed by atoms with Crippen LogP contribution in [0.5, 0.6) is 0 Å². The minimum absolute atomic E-state index is 0.135. The van der Waals surface area contributed by atoms with Gasteiger partial charge >= 0.3 is 0 Å². The number of rotatable bonds is 4. The summed E-state index contributed by atoms with van der Waals surface area (Å²) in [4.78, 5) is 31.2. The molecule has 4 rings (SSSR count). The predicted molar refractivity (Wildman–Crippen MR) is 116 cm³/mol. The topological polar surface area (TPSA) is 64.0 Å². The van der Waals surface area contributed by atoms with Crippen molar-refractivity contribution in [3.63, 3.8) is 0 Å². The fourth-order valence-electron chi connectivity index (χ4n) is 3.02. The van der Waals surface area contributed by atoms with Crippen molar-refractivity contribution in [3.8, 4) is 0 Å². The minimum Gasteiger partial charge on any atom is -0.321 e. The number of nitrogens with zero attached hydrogens (tertiary/aromatic N) is 2. The van der Waals surface area contributed by atoms with Gasteiger partial charge in [0, 0.05) is 10.2 Å². The molecule has 0 unspecified atom stereocenters. The number of carbonyl (C=O) groups excluding carboxylic acids is 1. The molecule has 0 bridgehead atoms. The third kappa shape index (κ3) is 3.63. The standard InChI is InChI=1S/C21H16BrN3O2S/c1-13-17-20(23-12-25(21(17)27)11-14-6-3-2-4-7-14)28-18(13)19(26)24-16-9-5-8-15(22)10-16/h2-10,12H,11H2,1H3,(H,24,26). The Hall–Kier alpha value is -2.77. The van der Waals surface area contributed by atoms with E-state index < -0.39 is 0 Å². The number of hydrogen-bond acceptors (Lipinski definition) is 4. The summed E-state index contributed by atoms with van der Waals surface area (Å²) >= 11 is 4.63. The molecule has 7 heteroatoms. The number of fused-ring (bicyclic) bond motifs is 1. The van der Waals surface area contributed by atoms with Gasteiger partial charge in [0.25, 0.3) is 11.5 Å². The van der Waals surface area contributed by atoms with Crippen molar-refractivity contribution in [1.29, 1.82) is 0 Å². The Morgan fingerprint density at radius 1 is 1.18 bits per heavy atom. The largest absolute Gasteiger partial charge is 0.321 e. The monoisotopic (exact) mass is 453 g/mol. The van der Waals surface area contributed by atoms with Gasteiger partial charge in [0.15, 0.2) is 0 Å². The molecule has 4 aromatic rings. The fourth-order valence-corrected chi connectivity index (χ4v) is 4.46. The van der Waals surface area contributed by atoms with Crippen molar-refractivity contribution >= 4 is 49.1 Å². The highest BCUT2D eigenvalue weighted by Crippen LogP contribution is 2.28. The second-order valence-corrected chi connectivity index (χ2v) is 8.28. The van der Waals surface area contributed by atoms with Crippen LogP contribution in [0.1, 0.15) is 20.8 Å². The SMILES string of the molecule is Cc1c(C(=O)Nc2cccc(Br)c2)sc2ncn(Cc3ccccc3)c(=O)c12. The zero-order valence-electron chi connectivity index (χ0n) is 15.0. The first-order valence-electron chi connectivity index (χ1n) is 8.62. The quantitative estimate of drug-likeness (QED) is 0.481. The van der Waals surface area contributed by atoms with E-state index in [4.69, 9.17) is 0 Å². The van der Waals surface area contributed by atoms with Crippen LogP contribution in [-0.4, -0.2) is 15.5 Å². The number of aryl methyl sites for hydroxylation is 1. The Morgan fingerprint density at radius 3 is 2.71 bits per heavy atom. The van der Waals surface area contributed by atoms with Gasteiger partial charge in [-0.05, 0) is 36.2 Å². The fraction of sp³-hybridized carbons (Fsp3) is 0.0952. The first-order valence-corrected chi connectivity index (χ1v) is 10.2. The molecule has 0 saturated heterocycles. The number of halogens is 1. The van der Waals surface area contributed by atoms with Crippen LogP contribution in [0.2, 0.25) is 0 Å². The van der Waals surface area contributed by atoms with Crippen LogP contribution in [0, 0.1) is 6.92 Å². The van der Waals surface area contributed by atoms with Crippen molar-refractivity contribution in [2.24, 2.45) is 0 Å². The van der Waals surface area contributed by atoms with Gasteiger partial charge in [-0.2, -0.15) is 0 Å². The Morgan fingerprint density at radius 2 is 1.96 bits per heavy atom. The molecule has 0 saturated carbocycles. The number of nitrogens with one attached hydrogen (secondary N) is 1. The summed E-state index contributed by atoms with van der Waals surface area (Å²) in [5, 5.41) is 3.38. The van der Waals surface area contributed by atoms with E-state index in [-0.39, 0.29) is 11.5 Å². The predicted octanol–water partition coefficient (Wildman–Crippen LogP) is 4.83. The number of aromatic nitrogens is 2. The molecule has 0 radical (unpaired) electrons. The van der Waals surface area contributed by atoms with Gasteiger partial charge in [-0.15, -0.1) is 11.3 Å². The maximum absolute atomic E-state index is 13.0. The summed E-state index contributed by atoms with van der Waals surface area (Å²) in [7, 11) is 0. The lowest BCUT2D eigenvalue weighted by Crippen LogP contribution is -2.21. The van der Waals surface area contributed by atoms with E-state index >= 15 is 0 Å². The van der Waals surface area contributed by atoms with Crippen LogP contribution in [0.25, 0.3) is 10.2 Å². The molecule has 5 nitrogen and oxygen atoms in total. The number of hydrogen-bond donors (Lipinski definition) is 1. The molecule has 1 N–H and O–H groups in total. The Labute approximate surface area is 173 Å². The number of carbonyl (C=O) groups is 1. The van der Waals surface area contributed by atoms with Crippen molar-refractivity contribution in [2.45, 2.75) is 13.5 Å². The van der Waals surface area contributed by atoms with Gasteiger partial charge in [0.2, 0.25) is 0 Å². The number of amides is 1. The Bertz CT molecular complexity index is 1230. The average Bonchev–Trinajstić information content (AvgIpc) is 3.02. The lowest BCUT2D eigenvalue weighted by molar-refractivity contribution is 0.103. The number of anilines is 1. The van der Waals surface area contributed by atoms with E-state index in [1.54, 1.807) is 17.8 Å². The van der Waals surface area contributed by atoms with Crippen LogP contribution in [-0.2, 0) is 6.54 Å². The lowest BCUT2D eigenvalue weighted by atomic mass is 10.2. The van der Waals surface area contributed by atoms with Gasteiger partial charge in [0.05, 0.1) is 23.1 Å². The number of benzene rings is 2. The Kier molecular flexibility index (Phi) is 5.11. The van der Waals surface area contributed by atoms with E-state index in [1.807, 2.05) is 54.6 Å². The van der Waals surface area contributed by atoms with Crippen molar-refractivity contribution in [1.82, 2.24) is 9.55 Å². The second kappa shape index (κ2) is 7.69. The highest BCUT2D eigenvalue weighted by Gasteiger charge is 2.19. The second-order valence-electron chi connectivity index (χ2n) is 6.36. The molecule has 0 fully saturated rings. The average molecular weight is 454 g/mol. The molecule has 0 atom stereocenters. The van der Waals surface area contributed by atoms with E-state index in [0.29, 0.717) is 32.9 Å². The minimum atomic E-state index is -0.243. The molecule has 2 heterocycles. The molecular formula is C21H16BrN3O2S. The smallest absolute Gasteiger partial charge is 0.266 e. The molecule has 2 aromatic carbocycles. The zero-order valence-corrected chi connectivity index (χ0v) is 17.4. The third-order valence-electron chi connectivity index (χ3n) is 4.40. The molecule has 140 valence electrons. The van der Waals surface area contributed by atoms with Crippen molar-refractivity contribution < 1.29 is 4.79 Å². The molecular weight excluding hydrogens is 438 g/mol. The highest BCUT2D eigenvalue weighted by atomic mass is 79.9.